The molecule has 0 atom stereocenters. The highest BCUT2D eigenvalue weighted by atomic mass is 35.5. The van der Waals surface area contributed by atoms with Gasteiger partial charge in [-0.15, -0.1) is 0 Å². The fraction of sp³-hybridized carbons (Fsp3) is 0.167. The van der Waals surface area contributed by atoms with E-state index in [4.69, 9.17) is 21.1 Å². The number of aryl methyl sites for hydroxylation is 1. The first kappa shape index (κ1) is 21.4. The number of hydrazone groups is 1. The van der Waals surface area contributed by atoms with Crippen molar-refractivity contribution in [2.45, 2.75) is 20.0 Å². The van der Waals surface area contributed by atoms with Crippen LogP contribution in [0.4, 0.5) is 0 Å². The minimum atomic E-state index is -0.210. The van der Waals surface area contributed by atoms with Gasteiger partial charge in [-0.1, -0.05) is 53.6 Å². The summed E-state index contributed by atoms with van der Waals surface area (Å²) in [5.74, 6) is 1.03. The quantitative estimate of drug-likeness (QED) is 0.413. The van der Waals surface area contributed by atoms with Crippen LogP contribution in [-0.2, 0) is 17.8 Å². The molecule has 3 rings (SSSR count). The van der Waals surface area contributed by atoms with Crippen LogP contribution in [0.15, 0.2) is 71.8 Å². The Morgan fingerprint density at radius 3 is 2.40 bits per heavy atom. The summed E-state index contributed by atoms with van der Waals surface area (Å²) in [6.07, 6.45) is 1.79. The molecule has 0 radical (unpaired) electrons. The second-order valence-electron chi connectivity index (χ2n) is 6.78. The molecule has 0 spiro atoms. The van der Waals surface area contributed by atoms with E-state index in [1.807, 2.05) is 55.5 Å². The van der Waals surface area contributed by atoms with E-state index < -0.39 is 0 Å². The minimum absolute atomic E-state index is 0.210. The first-order valence-corrected chi connectivity index (χ1v) is 9.84. The van der Waals surface area contributed by atoms with Crippen molar-refractivity contribution < 1.29 is 14.3 Å². The first-order valence-electron chi connectivity index (χ1n) is 9.46. The van der Waals surface area contributed by atoms with Crippen LogP contribution in [0, 0.1) is 6.92 Å². The Labute approximate surface area is 181 Å². The lowest BCUT2D eigenvalue weighted by molar-refractivity contribution is -0.120. The maximum Gasteiger partial charge on any atom is 0.244 e. The highest BCUT2D eigenvalue weighted by Crippen LogP contribution is 2.28. The highest BCUT2D eigenvalue weighted by molar-refractivity contribution is 6.30. The molecule has 0 bridgehead atoms. The lowest BCUT2D eigenvalue weighted by Gasteiger charge is -2.11. The second kappa shape index (κ2) is 10.5. The third kappa shape index (κ3) is 6.36. The van der Waals surface area contributed by atoms with Gasteiger partial charge in [-0.3, -0.25) is 4.79 Å². The van der Waals surface area contributed by atoms with E-state index in [1.165, 1.54) is 5.56 Å². The molecule has 3 aromatic rings. The number of ether oxygens (including phenoxy) is 2. The Kier molecular flexibility index (Phi) is 7.46. The molecule has 0 unspecified atom stereocenters. The van der Waals surface area contributed by atoms with Gasteiger partial charge in [0.15, 0.2) is 11.5 Å². The van der Waals surface area contributed by atoms with E-state index >= 15 is 0 Å². The minimum Gasteiger partial charge on any atom is -0.493 e. The molecule has 0 fully saturated rings. The van der Waals surface area contributed by atoms with Gasteiger partial charge in [0.1, 0.15) is 6.61 Å². The number of methoxy groups -OCH3 is 1. The topological polar surface area (TPSA) is 59.9 Å². The van der Waals surface area contributed by atoms with Gasteiger partial charge in [0.05, 0.1) is 19.7 Å². The molecule has 6 heteroatoms. The Bertz CT molecular complexity index is 1020. The van der Waals surface area contributed by atoms with Crippen molar-refractivity contribution in [3.05, 3.63) is 94.0 Å². The van der Waals surface area contributed by atoms with E-state index in [9.17, 15) is 4.79 Å². The third-order valence-corrected chi connectivity index (χ3v) is 4.64. The Morgan fingerprint density at radius 2 is 1.70 bits per heavy atom. The van der Waals surface area contributed by atoms with E-state index in [1.54, 1.807) is 31.5 Å². The molecule has 3 aromatic carbocycles. The SMILES string of the molecule is COc1ccc(/C=N\NC(=O)Cc2ccc(Cl)cc2)cc1OCc1ccc(C)cc1. The Balaban J connectivity index is 1.59. The number of benzene rings is 3. The molecule has 154 valence electrons. The molecule has 1 amide bonds. The van der Waals surface area contributed by atoms with Crippen LogP contribution in [-0.4, -0.2) is 19.2 Å². The fourth-order valence-corrected chi connectivity index (χ4v) is 2.86. The average molecular weight is 423 g/mol. The van der Waals surface area contributed by atoms with Crippen LogP contribution in [0.1, 0.15) is 22.3 Å². The average Bonchev–Trinajstić information content (AvgIpc) is 2.75. The number of halogens is 1. The summed E-state index contributed by atoms with van der Waals surface area (Å²) < 4.78 is 11.3. The number of nitrogens with zero attached hydrogens (tertiary/aromatic N) is 1. The van der Waals surface area contributed by atoms with E-state index in [0.717, 1.165) is 16.7 Å². The third-order valence-electron chi connectivity index (χ3n) is 4.38. The van der Waals surface area contributed by atoms with E-state index in [-0.39, 0.29) is 12.3 Å². The van der Waals surface area contributed by atoms with Gasteiger partial charge >= 0.3 is 0 Å². The predicted molar refractivity (Wildman–Crippen MR) is 119 cm³/mol. The maximum atomic E-state index is 12.0. The molecule has 0 saturated carbocycles. The zero-order valence-electron chi connectivity index (χ0n) is 16.9. The van der Waals surface area contributed by atoms with Crippen LogP contribution in [0.25, 0.3) is 0 Å². The molecule has 5 nitrogen and oxygen atoms in total. The molecular weight excluding hydrogens is 400 g/mol. The van der Waals surface area contributed by atoms with Gasteiger partial charge in [0.2, 0.25) is 5.91 Å². The van der Waals surface area contributed by atoms with Gasteiger partial charge < -0.3 is 9.47 Å². The van der Waals surface area contributed by atoms with Crippen molar-refractivity contribution in [2.75, 3.05) is 7.11 Å². The van der Waals surface area contributed by atoms with Crippen LogP contribution >= 0.6 is 11.6 Å². The van der Waals surface area contributed by atoms with E-state index in [2.05, 4.69) is 10.5 Å². The Hall–Kier alpha value is -3.31. The van der Waals surface area contributed by atoms with Gasteiger partial charge in [-0.2, -0.15) is 5.10 Å². The van der Waals surface area contributed by atoms with Gasteiger partial charge in [-0.25, -0.2) is 5.43 Å². The lowest BCUT2D eigenvalue weighted by Crippen LogP contribution is -2.19. The number of hydrogen-bond acceptors (Lipinski definition) is 4. The van der Waals surface area contributed by atoms with Crippen molar-refractivity contribution in [3.8, 4) is 11.5 Å². The lowest BCUT2D eigenvalue weighted by atomic mass is 10.1. The van der Waals surface area contributed by atoms with Crippen LogP contribution in [0.2, 0.25) is 5.02 Å². The number of carbonyl (C=O) groups excluding carboxylic acids is 1. The molecule has 0 heterocycles. The molecule has 30 heavy (non-hydrogen) atoms. The molecule has 0 aliphatic heterocycles. The van der Waals surface area contributed by atoms with Crippen molar-refractivity contribution in [2.24, 2.45) is 5.10 Å². The van der Waals surface area contributed by atoms with Crippen molar-refractivity contribution >= 4 is 23.7 Å². The Morgan fingerprint density at radius 1 is 1.00 bits per heavy atom. The van der Waals surface area contributed by atoms with Gasteiger partial charge in [0, 0.05) is 5.02 Å². The van der Waals surface area contributed by atoms with Crippen LogP contribution < -0.4 is 14.9 Å². The molecule has 0 aliphatic rings. The van der Waals surface area contributed by atoms with Crippen molar-refractivity contribution in [3.63, 3.8) is 0 Å². The second-order valence-corrected chi connectivity index (χ2v) is 7.22. The number of hydrogen-bond donors (Lipinski definition) is 1. The van der Waals surface area contributed by atoms with Gasteiger partial charge in [-0.05, 0) is 53.9 Å². The summed E-state index contributed by atoms with van der Waals surface area (Å²) in [6.45, 7) is 2.47. The summed E-state index contributed by atoms with van der Waals surface area (Å²) in [7, 11) is 1.60. The molecule has 0 saturated heterocycles. The highest BCUT2D eigenvalue weighted by Gasteiger charge is 2.06. The maximum absolute atomic E-state index is 12.0. The zero-order valence-corrected chi connectivity index (χ0v) is 17.6. The summed E-state index contributed by atoms with van der Waals surface area (Å²) in [4.78, 5) is 12.0. The number of carbonyl (C=O) groups is 1. The molecular formula is C24H23ClN2O3. The predicted octanol–water partition coefficient (Wildman–Crippen LogP) is 4.93. The zero-order chi connectivity index (χ0) is 21.3. The smallest absolute Gasteiger partial charge is 0.244 e. The summed E-state index contributed by atoms with van der Waals surface area (Å²) in [6, 6.07) is 20.8. The van der Waals surface area contributed by atoms with Gasteiger partial charge in [0.25, 0.3) is 0 Å². The largest absolute Gasteiger partial charge is 0.493 e. The van der Waals surface area contributed by atoms with Crippen LogP contribution in [0.5, 0.6) is 11.5 Å². The normalized spacial score (nSPS) is 10.8. The summed E-state index contributed by atoms with van der Waals surface area (Å²) >= 11 is 5.85. The first-order chi connectivity index (χ1) is 14.5. The molecule has 0 aromatic heterocycles. The van der Waals surface area contributed by atoms with Crippen molar-refractivity contribution in [1.29, 1.82) is 0 Å². The monoisotopic (exact) mass is 422 g/mol. The summed E-state index contributed by atoms with van der Waals surface area (Å²) in [5.41, 5.74) is 6.44. The molecule has 0 aliphatic carbocycles. The number of nitrogens with one attached hydrogen (secondary N) is 1. The molecule has 1 N–H and O–H groups in total. The summed E-state index contributed by atoms with van der Waals surface area (Å²) in [5, 5.41) is 4.67. The standard InChI is InChI=1S/C24H23ClN2O3/c1-17-3-5-19(6-4-17)16-30-23-13-20(9-12-22(23)29-2)15-26-27-24(28)14-18-7-10-21(25)11-8-18/h3-13,15H,14,16H2,1-2H3,(H,27,28)/b26-15-. The fourth-order valence-electron chi connectivity index (χ4n) is 2.74. The van der Waals surface area contributed by atoms with Crippen LogP contribution in [0.3, 0.4) is 0 Å². The van der Waals surface area contributed by atoms with Crippen molar-refractivity contribution in [1.82, 2.24) is 5.43 Å². The number of amides is 1. The number of rotatable bonds is 8. The van der Waals surface area contributed by atoms with E-state index in [0.29, 0.717) is 23.1 Å².